The van der Waals surface area contributed by atoms with Crippen molar-refractivity contribution >= 4 is 17.6 Å². The molecule has 1 unspecified atom stereocenters. The van der Waals surface area contributed by atoms with Gasteiger partial charge in [-0.2, -0.15) is 0 Å². The molecule has 5 nitrogen and oxygen atoms in total. The Morgan fingerprint density at radius 2 is 2.11 bits per heavy atom. The van der Waals surface area contributed by atoms with Crippen LogP contribution in [0.4, 0.5) is 4.39 Å². The molecular formula is C12H14ClFO5. The van der Waals surface area contributed by atoms with Crippen molar-refractivity contribution in [2.24, 2.45) is 0 Å². The van der Waals surface area contributed by atoms with Crippen molar-refractivity contribution in [3.63, 3.8) is 0 Å². The van der Waals surface area contributed by atoms with Gasteiger partial charge in [-0.15, -0.1) is 0 Å². The minimum Gasteiger partial charge on any atom is -0.493 e. The number of aliphatic hydroxyl groups is 1. The monoisotopic (exact) mass is 292 g/mol. The molecule has 0 aromatic heterocycles. The molecule has 1 rings (SSSR count). The minimum absolute atomic E-state index is 0.0164. The number of esters is 1. The summed E-state index contributed by atoms with van der Waals surface area (Å²) in [5, 5.41) is 9.48. The topological polar surface area (TPSA) is 65.0 Å². The van der Waals surface area contributed by atoms with Crippen molar-refractivity contribution < 1.29 is 28.5 Å². The van der Waals surface area contributed by atoms with Gasteiger partial charge in [0.2, 0.25) is 0 Å². The van der Waals surface area contributed by atoms with Crippen molar-refractivity contribution in [1.82, 2.24) is 0 Å². The molecule has 19 heavy (non-hydrogen) atoms. The van der Waals surface area contributed by atoms with E-state index in [0.717, 1.165) is 6.07 Å². The van der Waals surface area contributed by atoms with Crippen LogP contribution in [0.2, 0.25) is 5.02 Å². The molecule has 0 fully saturated rings. The molecule has 1 aromatic rings. The van der Waals surface area contributed by atoms with Crippen LogP contribution in [0.5, 0.6) is 11.5 Å². The van der Waals surface area contributed by atoms with Gasteiger partial charge >= 0.3 is 5.97 Å². The fourth-order valence-electron chi connectivity index (χ4n) is 1.55. The number of carbonyl (C=O) groups is 1. The summed E-state index contributed by atoms with van der Waals surface area (Å²) in [6.07, 6.45) is -1.76. The molecule has 1 aromatic carbocycles. The van der Waals surface area contributed by atoms with Crippen LogP contribution in [0.15, 0.2) is 6.07 Å². The standard InChI is InChI=1S/C12H14ClFO5/c1-4-19-12(16)10(15)8-9(13)6(14)5-7(17-2)11(8)18-3/h5,10,15H,4H2,1-3H3. The van der Waals surface area contributed by atoms with E-state index in [0.29, 0.717) is 0 Å². The number of carbonyl (C=O) groups excluding carboxylic acids is 1. The number of methoxy groups -OCH3 is 2. The molecule has 0 radical (unpaired) electrons. The molecule has 0 aliphatic rings. The van der Waals surface area contributed by atoms with E-state index in [1.165, 1.54) is 14.2 Å². The smallest absolute Gasteiger partial charge is 0.339 e. The lowest BCUT2D eigenvalue weighted by Gasteiger charge is -2.18. The van der Waals surface area contributed by atoms with Crippen LogP contribution < -0.4 is 9.47 Å². The summed E-state index contributed by atoms with van der Waals surface area (Å²) >= 11 is 5.77. The largest absolute Gasteiger partial charge is 0.493 e. The van der Waals surface area contributed by atoms with E-state index in [2.05, 4.69) is 4.74 Å². The maximum Gasteiger partial charge on any atom is 0.339 e. The zero-order valence-electron chi connectivity index (χ0n) is 10.7. The number of ether oxygens (including phenoxy) is 3. The van der Waals surface area contributed by atoms with Crippen LogP contribution in [0, 0.1) is 5.82 Å². The van der Waals surface area contributed by atoms with Gasteiger partial charge in [-0.25, -0.2) is 9.18 Å². The SMILES string of the molecule is CCOC(=O)C(O)c1c(Cl)c(F)cc(OC)c1OC. The average molecular weight is 293 g/mol. The number of halogens is 2. The number of hydrogen-bond acceptors (Lipinski definition) is 5. The minimum atomic E-state index is -1.76. The van der Waals surface area contributed by atoms with Crippen LogP contribution in [0.1, 0.15) is 18.6 Å². The third-order valence-electron chi connectivity index (χ3n) is 2.38. The van der Waals surface area contributed by atoms with Crippen molar-refractivity contribution in [2.45, 2.75) is 13.0 Å². The Morgan fingerprint density at radius 1 is 1.47 bits per heavy atom. The molecule has 0 heterocycles. The zero-order chi connectivity index (χ0) is 14.6. The van der Waals surface area contributed by atoms with Gasteiger partial charge in [0.25, 0.3) is 0 Å². The highest BCUT2D eigenvalue weighted by Crippen LogP contribution is 2.41. The number of rotatable bonds is 5. The van der Waals surface area contributed by atoms with E-state index in [-0.39, 0.29) is 23.7 Å². The second kappa shape index (κ2) is 6.58. The lowest BCUT2D eigenvalue weighted by atomic mass is 10.1. The van der Waals surface area contributed by atoms with E-state index in [9.17, 15) is 14.3 Å². The lowest BCUT2D eigenvalue weighted by Crippen LogP contribution is -2.17. The van der Waals surface area contributed by atoms with Gasteiger partial charge < -0.3 is 19.3 Å². The Balaban J connectivity index is 3.38. The number of hydrogen-bond donors (Lipinski definition) is 1. The van der Waals surface area contributed by atoms with Crippen LogP contribution in [0.25, 0.3) is 0 Å². The van der Waals surface area contributed by atoms with Gasteiger partial charge in [-0.3, -0.25) is 0 Å². The molecule has 0 saturated heterocycles. The highest BCUT2D eigenvalue weighted by Gasteiger charge is 2.29. The van der Waals surface area contributed by atoms with E-state index >= 15 is 0 Å². The third-order valence-corrected chi connectivity index (χ3v) is 2.76. The van der Waals surface area contributed by atoms with Gasteiger partial charge in [0.15, 0.2) is 17.6 Å². The third kappa shape index (κ3) is 3.08. The molecular weight excluding hydrogens is 279 g/mol. The van der Waals surface area contributed by atoms with Crippen molar-refractivity contribution in [1.29, 1.82) is 0 Å². The van der Waals surface area contributed by atoms with Crippen LogP contribution in [-0.2, 0) is 9.53 Å². The molecule has 1 atom stereocenters. The highest BCUT2D eigenvalue weighted by molar-refractivity contribution is 6.32. The molecule has 106 valence electrons. The molecule has 0 bridgehead atoms. The molecule has 1 N–H and O–H groups in total. The average Bonchev–Trinajstić information content (AvgIpc) is 2.40. The second-order valence-corrected chi connectivity index (χ2v) is 3.85. The maximum absolute atomic E-state index is 13.6. The van der Waals surface area contributed by atoms with E-state index in [1.54, 1.807) is 6.92 Å². The summed E-state index contributed by atoms with van der Waals surface area (Å²) < 4.78 is 28.2. The highest BCUT2D eigenvalue weighted by atomic mass is 35.5. The van der Waals surface area contributed by atoms with E-state index < -0.39 is 22.9 Å². The van der Waals surface area contributed by atoms with Crippen LogP contribution in [-0.4, -0.2) is 31.9 Å². The summed E-state index contributed by atoms with van der Waals surface area (Å²) in [4.78, 5) is 11.5. The Labute approximate surface area is 114 Å². The van der Waals surface area contributed by atoms with E-state index in [1.807, 2.05) is 0 Å². The van der Waals surface area contributed by atoms with Crippen molar-refractivity contribution in [3.8, 4) is 11.5 Å². The Bertz CT molecular complexity index is 478. The van der Waals surface area contributed by atoms with Crippen molar-refractivity contribution in [2.75, 3.05) is 20.8 Å². The quantitative estimate of drug-likeness (QED) is 0.842. The molecule has 0 spiro atoms. The molecule has 0 aliphatic carbocycles. The Morgan fingerprint density at radius 3 is 2.58 bits per heavy atom. The normalized spacial score (nSPS) is 11.9. The number of benzene rings is 1. The van der Waals surface area contributed by atoms with Gasteiger partial charge in [-0.05, 0) is 6.92 Å². The first-order chi connectivity index (χ1) is 8.97. The summed E-state index contributed by atoms with van der Waals surface area (Å²) in [5.74, 6) is -1.79. The first kappa shape index (κ1) is 15.5. The summed E-state index contributed by atoms with van der Waals surface area (Å²) in [6.45, 7) is 1.65. The summed E-state index contributed by atoms with van der Waals surface area (Å²) in [6, 6.07) is 1.00. The van der Waals surface area contributed by atoms with Gasteiger partial charge in [0.1, 0.15) is 5.82 Å². The number of aliphatic hydroxyl groups excluding tert-OH is 1. The summed E-state index contributed by atoms with van der Waals surface area (Å²) in [5.41, 5.74) is -0.223. The molecule has 0 saturated carbocycles. The van der Waals surface area contributed by atoms with Gasteiger partial charge in [-0.1, -0.05) is 11.6 Å². The fourth-order valence-corrected chi connectivity index (χ4v) is 1.79. The van der Waals surface area contributed by atoms with Crippen LogP contribution in [0.3, 0.4) is 0 Å². The van der Waals surface area contributed by atoms with Crippen LogP contribution >= 0.6 is 11.6 Å². The van der Waals surface area contributed by atoms with E-state index in [4.69, 9.17) is 21.1 Å². The lowest BCUT2D eigenvalue weighted by molar-refractivity contribution is -0.153. The first-order valence-electron chi connectivity index (χ1n) is 5.42. The Hall–Kier alpha value is -1.53. The first-order valence-corrected chi connectivity index (χ1v) is 5.80. The van der Waals surface area contributed by atoms with Crippen molar-refractivity contribution in [3.05, 3.63) is 22.5 Å². The van der Waals surface area contributed by atoms with Gasteiger partial charge in [0, 0.05) is 6.07 Å². The summed E-state index contributed by atoms with van der Waals surface area (Å²) in [7, 11) is 2.58. The molecule has 7 heteroatoms. The second-order valence-electron chi connectivity index (χ2n) is 3.48. The predicted molar refractivity (Wildman–Crippen MR) is 66.1 cm³/mol. The fraction of sp³-hybridized carbons (Fsp3) is 0.417. The zero-order valence-corrected chi connectivity index (χ0v) is 11.5. The molecule has 0 amide bonds. The molecule has 0 aliphatic heterocycles. The maximum atomic E-state index is 13.6. The Kier molecular flexibility index (Phi) is 5.38. The van der Waals surface area contributed by atoms with Gasteiger partial charge in [0.05, 0.1) is 31.4 Å². The predicted octanol–water partition coefficient (Wildman–Crippen LogP) is 2.09.